The van der Waals surface area contributed by atoms with Crippen LogP contribution in [0.5, 0.6) is 0 Å². The molecule has 0 saturated heterocycles. The number of nitrogens with zero attached hydrogens (tertiary/aromatic N) is 1. The summed E-state index contributed by atoms with van der Waals surface area (Å²) in [6.45, 7) is 4.41. The number of rotatable bonds is 3. The lowest BCUT2D eigenvalue weighted by Gasteiger charge is -2.25. The van der Waals surface area contributed by atoms with E-state index in [1.54, 1.807) is 0 Å². The Kier molecular flexibility index (Phi) is 4.46. The molecule has 0 bridgehead atoms. The third kappa shape index (κ3) is 3.20. The molecule has 0 radical (unpaired) electrons. The molecule has 20 heavy (non-hydrogen) atoms. The molecule has 1 aromatic rings. The number of hydrogen-bond acceptors (Lipinski definition) is 2. The van der Waals surface area contributed by atoms with Crippen molar-refractivity contribution in [3.05, 3.63) is 34.9 Å². The van der Waals surface area contributed by atoms with Crippen molar-refractivity contribution < 1.29 is 4.79 Å². The van der Waals surface area contributed by atoms with Gasteiger partial charge in [0.25, 0.3) is 5.91 Å². The molecule has 2 N–H and O–H groups in total. The zero-order valence-corrected chi connectivity index (χ0v) is 12.4. The van der Waals surface area contributed by atoms with Gasteiger partial charge in [-0.1, -0.05) is 23.5 Å². The molecule has 3 heteroatoms. The lowest BCUT2D eigenvalue weighted by Crippen LogP contribution is -2.36. The second-order valence-corrected chi connectivity index (χ2v) is 5.55. The molecule has 0 spiro atoms. The first kappa shape index (κ1) is 14.6. The van der Waals surface area contributed by atoms with Crippen molar-refractivity contribution in [3.8, 4) is 11.8 Å². The van der Waals surface area contributed by atoms with E-state index in [9.17, 15) is 4.79 Å². The van der Waals surface area contributed by atoms with Crippen molar-refractivity contribution in [1.82, 2.24) is 4.90 Å². The summed E-state index contributed by atoms with van der Waals surface area (Å²) in [6.07, 6.45) is 2.46. The van der Waals surface area contributed by atoms with E-state index in [0.717, 1.165) is 11.1 Å². The molecular formula is C17H22N2O. The van der Waals surface area contributed by atoms with Crippen LogP contribution >= 0.6 is 0 Å². The van der Waals surface area contributed by atoms with E-state index in [1.807, 2.05) is 37.1 Å². The third-order valence-electron chi connectivity index (χ3n) is 3.97. The Morgan fingerprint density at radius 2 is 2.20 bits per heavy atom. The zero-order chi connectivity index (χ0) is 14.7. The molecule has 1 aromatic carbocycles. The maximum absolute atomic E-state index is 12.7. The summed E-state index contributed by atoms with van der Waals surface area (Å²) < 4.78 is 0. The molecule has 1 aliphatic carbocycles. The highest BCUT2D eigenvalue weighted by molar-refractivity contribution is 5.97. The second kappa shape index (κ2) is 6.11. The number of aryl methyl sites for hydroxylation is 1. The van der Waals surface area contributed by atoms with Gasteiger partial charge in [0.2, 0.25) is 0 Å². The van der Waals surface area contributed by atoms with Gasteiger partial charge in [-0.25, -0.2) is 0 Å². The molecule has 1 saturated carbocycles. The van der Waals surface area contributed by atoms with Crippen molar-refractivity contribution in [2.24, 2.45) is 11.7 Å². The van der Waals surface area contributed by atoms with E-state index in [2.05, 4.69) is 18.8 Å². The first-order valence-electron chi connectivity index (χ1n) is 7.11. The summed E-state index contributed by atoms with van der Waals surface area (Å²) in [5.74, 6) is 6.54. The minimum absolute atomic E-state index is 0.0504. The summed E-state index contributed by atoms with van der Waals surface area (Å²) in [6, 6.07) is 6.08. The predicted molar refractivity (Wildman–Crippen MR) is 81.4 cm³/mol. The van der Waals surface area contributed by atoms with Gasteiger partial charge in [-0.3, -0.25) is 4.79 Å². The molecule has 0 aromatic heterocycles. The van der Waals surface area contributed by atoms with Crippen LogP contribution in [0, 0.1) is 24.7 Å². The summed E-state index contributed by atoms with van der Waals surface area (Å²) >= 11 is 0. The Balaban J connectivity index is 2.29. The van der Waals surface area contributed by atoms with Crippen molar-refractivity contribution >= 4 is 5.91 Å². The molecule has 1 fully saturated rings. The minimum Gasteiger partial charge on any atom is -0.339 e. The Morgan fingerprint density at radius 3 is 2.80 bits per heavy atom. The van der Waals surface area contributed by atoms with Crippen LogP contribution in [0.15, 0.2) is 18.2 Å². The fraction of sp³-hybridized carbons (Fsp3) is 0.471. The van der Waals surface area contributed by atoms with Crippen LogP contribution < -0.4 is 5.73 Å². The average molecular weight is 270 g/mol. The molecule has 106 valence electrons. The summed E-state index contributed by atoms with van der Waals surface area (Å²) in [4.78, 5) is 14.5. The van der Waals surface area contributed by atoms with E-state index in [0.29, 0.717) is 24.1 Å². The molecule has 0 heterocycles. The topological polar surface area (TPSA) is 46.3 Å². The Bertz CT molecular complexity index is 564. The van der Waals surface area contributed by atoms with E-state index >= 15 is 0 Å². The highest BCUT2D eigenvalue weighted by Gasteiger charge is 2.33. The van der Waals surface area contributed by atoms with E-state index < -0.39 is 0 Å². The predicted octanol–water partition coefficient (Wildman–Crippen LogP) is 2.18. The SMILES string of the molecule is Cc1ccc(C#CCN)c(C(=O)N(C)C(C)C2CC2)c1. The average Bonchev–Trinajstić information content (AvgIpc) is 3.28. The molecule has 1 amide bonds. The quantitative estimate of drug-likeness (QED) is 0.856. The minimum atomic E-state index is 0.0504. The molecular weight excluding hydrogens is 248 g/mol. The van der Waals surface area contributed by atoms with Crippen LogP contribution in [-0.2, 0) is 0 Å². The van der Waals surface area contributed by atoms with Gasteiger partial charge in [0.1, 0.15) is 0 Å². The standard InChI is InChI=1S/C17H22N2O/c1-12-6-7-15(5-4-10-18)16(11-12)17(20)19(3)13(2)14-8-9-14/h6-7,11,13-14H,8-10,18H2,1-3H3. The van der Waals surface area contributed by atoms with E-state index in [-0.39, 0.29) is 5.91 Å². The van der Waals surface area contributed by atoms with Crippen molar-refractivity contribution in [3.63, 3.8) is 0 Å². The summed E-state index contributed by atoms with van der Waals surface area (Å²) in [5, 5.41) is 0. The van der Waals surface area contributed by atoms with Crippen molar-refractivity contribution in [2.45, 2.75) is 32.7 Å². The third-order valence-corrected chi connectivity index (χ3v) is 3.97. The van der Waals surface area contributed by atoms with Crippen molar-refractivity contribution in [2.75, 3.05) is 13.6 Å². The molecule has 3 nitrogen and oxygen atoms in total. The first-order chi connectivity index (χ1) is 9.54. The summed E-state index contributed by atoms with van der Waals surface area (Å²) in [7, 11) is 1.88. The Morgan fingerprint density at radius 1 is 1.50 bits per heavy atom. The van der Waals surface area contributed by atoms with Crippen LogP contribution in [0.1, 0.15) is 41.3 Å². The largest absolute Gasteiger partial charge is 0.339 e. The lowest BCUT2D eigenvalue weighted by atomic mass is 10.0. The highest BCUT2D eigenvalue weighted by atomic mass is 16.2. The van der Waals surface area contributed by atoms with Gasteiger partial charge in [0.05, 0.1) is 12.1 Å². The van der Waals surface area contributed by atoms with Gasteiger partial charge in [0.15, 0.2) is 0 Å². The van der Waals surface area contributed by atoms with Crippen LogP contribution in [0.25, 0.3) is 0 Å². The lowest BCUT2D eigenvalue weighted by molar-refractivity contribution is 0.0727. The number of carbonyl (C=O) groups excluding carboxylic acids is 1. The number of amides is 1. The number of carbonyl (C=O) groups is 1. The molecule has 2 rings (SSSR count). The maximum atomic E-state index is 12.7. The molecule has 0 aliphatic heterocycles. The molecule has 1 aliphatic rings. The maximum Gasteiger partial charge on any atom is 0.255 e. The normalized spacial score (nSPS) is 15.2. The molecule has 1 unspecified atom stereocenters. The van der Waals surface area contributed by atoms with Gasteiger partial charge < -0.3 is 10.6 Å². The van der Waals surface area contributed by atoms with Gasteiger partial charge in [0, 0.05) is 18.7 Å². The van der Waals surface area contributed by atoms with Crippen molar-refractivity contribution in [1.29, 1.82) is 0 Å². The fourth-order valence-electron chi connectivity index (χ4n) is 2.36. The molecule has 1 atom stereocenters. The monoisotopic (exact) mass is 270 g/mol. The number of nitrogens with two attached hydrogens (primary N) is 1. The van der Waals surface area contributed by atoms with Gasteiger partial charge >= 0.3 is 0 Å². The summed E-state index contributed by atoms with van der Waals surface area (Å²) in [5.41, 5.74) is 7.93. The highest BCUT2D eigenvalue weighted by Crippen LogP contribution is 2.35. The number of benzene rings is 1. The first-order valence-corrected chi connectivity index (χ1v) is 7.11. The van der Waals surface area contributed by atoms with E-state index in [4.69, 9.17) is 5.73 Å². The zero-order valence-electron chi connectivity index (χ0n) is 12.4. The van der Waals surface area contributed by atoms with Crippen LogP contribution in [0.4, 0.5) is 0 Å². The Hall–Kier alpha value is -1.79. The van der Waals surface area contributed by atoms with Gasteiger partial charge in [-0.15, -0.1) is 0 Å². The van der Waals surface area contributed by atoms with Gasteiger partial charge in [-0.05, 0) is 44.7 Å². The smallest absolute Gasteiger partial charge is 0.255 e. The Labute approximate surface area is 121 Å². The van der Waals surface area contributed by atoms with E-state index in [1.165, 1.54) is 12.8 Å². The second-order valence-electron chi connectivity index (χ2n) is 5.55. The fourth-order valence-corrected chi connectivity index (χ4v) is 2.36. The van der Waals surface area contributed by atoms with Gasteiger partial charge in [-0.2, -0.15) is 0 Å². The van der Waals surface area contributed by atoms with Crippen LogP contribution in [-0.4, -0.2) is 30.4 Å². The number of hydrogen-bond donors (Lipinski definition) is 1. The van der Waals surface area contributed by atoms with Crippen LogP contribution in [0.3, 0.4) is 0 Å². The van der Waals surface area contributed by atoms with Crippen LogP contribution in [0.2, 0.25) is 0 Å².